The molecule has 6 nitrogen and oxygen atoms in total. The molecular formula is C22H31F3N4O2. The third-order valence-corrected chi connectivity index (χ3v) is 6.15. The summed E-state index contributed by atoms with van der Waals surface area (Å²) in [5, 5.41) is 2.79. The summed E-state index contributed by atoms with van der Waals surface area (Å²) in [4.78, 5) is 29.9. The van der Waals surface area contributed by atoms with E-state index >= 15 is 0 Å². The first-order valence-corrected chi connectivity index (χ1v) is 10.9. The Morgan fingerprint density at radius 2 is 1.71 bits per heavy atom. The Kier molecular flexibility index (Phi) is 7.59. The highest BCUT2D eigenvalue weighted by atomic mass is 19.4. The fourth-order valence-corrected chi connectivity index (χ4v) is 4.33. The number of hydrogen-bond acceptors (Lipinski definition) is 4. The number of likely N-dealkylation sites (tertiary alicyclic amines) is 1. The number of halogens is 3. The van der Waals surface area contributed by atoms with Crippen LogP contribution in [0.4, 0.5) is 13.2 Å². The molecule has 9 heteroatoms. The fourth-order valence-electron chi connectivity index (χ4n) is 4.33. The summed E-state index contributed by atoms with van der Waals surface area (Å²) in [6, 6.07) is 9.34. The van der Waals surface area contributed by atoms with Crippen LogP contribution in [0.3, 0.4) is 0 Å². The summed E-state index contributed by atoms with van der Waals surface area (Å²) >= 11 is 0. The number of rotatable bonds is 7. The van der Waals surface area contributed by atoms with E-state index in [1.54, 1.807) is 4.90 Å². The highest BCUT2D eigenvalue weighted by molar-refractivity contribution is 5.84. The van der Waals surface area contributed by atoms with Crippen LogP contribution in [0.1, 0.15) is 25.3 Å². The van der Waals surface area contributed by atoms with Crippen molar-refractivity contribution in [3.8, 4) is 0 Å². The summed E-state index contributed by atoms with van der Waals surface area (Å²) in [6.07, 6.45) is -3.98. The summed E-state index contributed by atoms with van der Waals surface area (Å²) < 4.78 is 42.5. The molecule has 3 rings (SSSR count). The van der Waals surface area contributed by atoms with Gasteiger partial charge in [-0.25, -0.2) is 0 Å². The molecule has 2 saturated heterocycles. The molecule has 1 N–H and O–H groups in total. The van der Waals surface area contributed by atoms with Gasteiger partial charge in [0.15, 0.2) is 5.41 Å². The Morgan fingerprint density at radius 1 is 1.03 bits per heavy atom. The first kappa shape index (κ1) is 23.5. The largest absolute Gasteiger partial charge is 0.404 e. The first-order chi connectivity index (χ1) is 14.7. The highest BCUT2D eigenvalue weighted by Crippen LogP contribution is 2.47. The van der Waals surface area contributed by atoms with Crippen LogP contribution >= 0.6 is 0 Å². The van der Waals surface area contributed by atoms with Gasteiger partial charge in [0.2, 0.25) is 11.8 Å². The second-order valence-corrected chi connectivity index (χ2v) is 8.44. The van der Waals surface area contributed by atoms with E-state index in [1.807, 2.05) is 42.2 Å². The molecule has 0 aliphatic carbocycles. The number of alkyl halides is 3. The number of hydrogen-bond donors (Lipinski definition) is 1. The minimum absolute atomic E-state index is 0.0965. The number of benzene rings is 1. The maximum atomic E-state index is 14.2. The lowest BCUT2D eigenvalue weighted by molar-refractivity contribution is -0.224. The molecule has 0 bridgehead atoms. The molecule has 1 atom stereocenters. The zero-order valence-electron chi connectivity index (χ0n) is 18.0. The van der Waals surface area contributed by atoms with E-state index in [9.17, 15) is 22.8 Å². The molecule has 1 unspecified atom stereocenters. The van der Waals surface area contributed by atoms with E-state index in [0.29, 0.717) is 26.2 Å². The second kappa shape index (κ2) is 9.99. The zero-order chi connectivity index (χ0) is 22.5. The van der Waals surface area contributed by atoms with Crippen LogP contribution in [0.5, 0.6) is 0 Å². The van der Waals surface area contributed by atoms with Crippen LogP contribution in [0.2, 0.25) is 0 Å². The lowest BCUT2D eigenvalue weighted by Crippen LogP contribution is -2.58. The van der Waals surface area contributed by atoms with E-state index in [2.05, 4.69) is 5.32 Å². The van der Waals surface area contributed by atoms with Crippen molar-refractivity contribution in [3.05, 3.63) is 35.9 Å². The van der Waals surface area contributed by atoms with Crippen molar-refractivity contribution in [3.63, 3.8) is 0 Å². The van der Waals surface area contributed by atoms with Gasteiger partial charge in [0, 0.05) is 45.8 Å². The number of piperazine rings is 1. The normalized spacial score (nSPS) is 23.2. The molecule has 172 valence electrons. The molecule has 31 heavy (non-hydrogen) atoms. The standard InChI is InChI=1S/C22H31F3N4O2/c1-2-9-26-19(30)16-27-11-13-29(14-12-27)20(31)21(22(23,24)25)8-10-28(17-21)15-18-6-4-3-5-7-18/h3-7H,2,8-17H2,1H3,(H,26,30). The quantitative estimate of drug-likeness (QED) is 0.706. The van der Waals surface area contributed by atoms with Crippen LogP contribution in [-0.4, -0.2) is 85.0 Å². The molecule has 2 heterocycles. The summed E-state index contributed by atoms with van der Waals surface area (Å²) in [7, 11) is 0. The van der Waals surface area contributed by atoms with Crippen molar-refractivity contribution in [1.29, 1.82) is 0 Å². The van der Waals surface area contributed by atoms with Crippen LogP contribution in [-0.2, 0) is 16.1 Å². The maximum Gasteiger partial charge on any atom is 0.404 e. The predicted octanol–water partition coefficient (Wildman–Crippen LogP) is 2.11. The molecule has 1 aromatic carbocycles. The van der Waals surface area contributed by atoms with Gasteiger partial charge >= 0.3 is 6.18 Å². The minimum Gasteiger partial charge on any atom is -0.355 e. The molecule has 0 radical (unpaired) electrons. The molecule has 2 aliphatic heterocycles. The smallest absolute Gasteiger partial charge is 0.355 e. The van der Waals surface area contributed by atoms with Crippen LogP contribution in [0.15, 0.2) is 30.3 Å². The first-order valence-electron chi connectivity index (χ1n) is 10.9. The van der Waals surface area contributed by atoms with Crippen molar-refractivity contribution in [2.45, 2.75) is 32.5 Å². The van der Waals surface area contributed by atoms with Crippen LogP contribution in [0.25, 0.3) is 0 Å². The van der Waals surface area contributed by atoms with Crippen molar-refractivity contribution >= 4 is 11.8 Å². The number of nitrogens with one attached hydrogen (secondary N) is 1. The van der Waals surface area contributed by atoms with Crippen LogP contribution in [0, 0.1) is 5.41 Å². The predicted molar refractivity (Wildman–Crippen MR) is 111 cm³/mol. The Balaban J connectivity index is 1.61. The Bertz CT molecular complexity index is 751. The topological polar surface area (TPSA) is 55.9 Å². The lowest BCUT2D eigenvalue weighted by Gasteiger charge is -2.40. The monoisotopic (exact) mass is 440 g/mol. The molecule has 2 aliphatic rings. The third-order valence-electron chi connectivity index (χ3n) is 6.15. The zero-order valence-corrected chi connectivity index (χ0v) is 18.0. The minimum atomic E-state index is -4.60. The van der Waals surface area contributed by atoms with E-state index in [1.165, 1.54) is 4.90 Å². The average Bonchev–Trinajstić information content (AvgIpc) is 3.18. The van der Waals surface area contributed by atoms with Gasteiger partial charge < -0.3 is 10.2 Å². The van der Waals surface area contributed by atoms with E-state index in [0.717, 1.165) is 12.0 Å². The van der Waals surface area contributed by atoms with E-state index < -0.39 is 17.5 Å². The summed E-state index contributed by atoms with van der Waals surface area (Å²) in [5.74, 6) is -0.925. The number of nitrogens with zero attached hydrogens (tertiary/aromatic N) is 3. The molecule has 0 saturated carbocycles. The van der Waals surface area contributed by atoms with Gasteiger partial charge in [0.25, 0.3) is 0 Å². The van der Waals surface area contributed by atoms with Crippen molar-refractivity contribution in [2.75, 3.05) is 52.4 Å². The molecular weight excluding hydrogens is 409 g/mol. The van der Waals surface area contributed by atoms with E-state index in [4.69, 9.17) is 0 Å². The fraction of sp³-hybridized carbons (Fsp3) is 0.636. The van der Waals surface area contributed by atoms with Gasteiger partial charge in [0.1, 0.15) is 0 Å². The van der Waals surface area contributed by atoms with Gasteiger partial charge in [-0.1, -0.05) is 37.3 Å². The maximum absolute atomic E-state index is 14.2. The third kappa shape index (κ3) is 5.57. The van der Waals surface area contributed by atoms with Crippen LogP contribution < -0.4 is 5.32 Å². The second-order valence-electron chi connectivity index (χ2n) is 8.44. The molecule has 2 amide bonds. The van der Waals surface area contributed by atoms with Crippen molar-refractivity contribution in [2.24, 2.45) is 5.41 Å². The van der Waals surface area contributed by atoms with E-state index in [-0.39, 0.29) is 45.1 Å². The Hall–Kier alpha value is -2.13. The average molecular weight is 441 g/mol. The summed E-state index contributed by atoms with van der Waals surface area (Å²) in [6.45, 7) is 4.29. The van der Waals surface area contributed by atoms with Crippen molar-refractivity contribution < 1.29 is 22.8 Å². The number of carbonyl (C=O) groups is 2. The van der Waals surface area contributed by atoms with Gasteiger partial charge in [-0.2, -0.15) is 13.2 Å². The molecule has 0 aromatic heterocycles. The molecule has 0 spiro atoms. The SMILES string of the molecule is CCCNC(=O)CN1CCN(C(=O)C2(C(F)(F)F)CCN(Cc3ccccc3)C2)CC1. The van der Waals surface area contributed by atoms with Crippen molar-refractivity contribution in [1.82, 2.24) is 20.0 Å². The number of amides is 2. The molecule has 2 fully saturated rings. The van der Waals surface area contributed by atoms with Gasteiger partial charge in [-0.15, -0.1) is 0 Å². The number of carbonyl (C=O) groups excluding carboxylic acids is 2. The molecule has 1 aromatic rings. The Morgan fingerprint density at radius 3 is 2.32 bits per heavy atom. The van der Waals surface area contributed by atoms with Gasteiger partial charge in [-0.05, 0) is 24.9 Å². The Labute approximate surface area is 181 Å². The van der Waals surface area contributed by atoms with Gasteiger partial charge in [0.05, 0.1) is 6.54 Å². The highest BCUT2D eigenvalue weighted by Gasteiger charge is 2.64. The van der Waals surface area contributed by atoms with Gasteiger partial charge in [-0.3, -0.25) is 19.4 Å². The lowest BCUT2D eigenvalue weighted by atomic mass is 9.84. The summed E-state index contributed by atoms with van der Waals surface area (Å²) in [5.41, 5.74) is -1.43.